The minimum absolute atomic E-state index is 0.0353. The molecule has 0 unspecified atom stereocenters. The Bertz CT molecular complexity index is 1810. The van der Waals surface area contributed by atoms with Gasteiger partial charge in [-0.15, -0.1) is 0 Å². The van der Waals surface area contributed by atoms with Crippen molar-refractivity contribution >= 4 is 32.6 Å². The van der Waals surface area contributed by atoms with Crippen LogP contribution in [0, 0.1) is 18.7 Å². The van der Waals surface area contributed by atoms with Crippen LogP contribution < -0.4 is 16.2 Å². The van der Waals surface area contributed by atoms with Crippen molar-refractivity contribution < 1.29 is 26.4 Å². The highest BCUT2D eigenvalue weighted by molar-refractivity contribution is 7.91. The Morgan fingerprint density at radius 2 is 1.78 bits per heavy atom. The molecule has 0 radical (unpaired) electrons. The number of alkyl halides is 2. The molecular formula is C32H39F3N6O4S. The Morgan fingerprint density at radius 3 is 2.52 bits per heavy atom. The Hall–Kier alpha value is -3.52. The summed E-state index contributed by atoms with van der Waals surface area (Å²) < 4.78 is 72.4. The van der Waals surface area contributed by atoms with Crippen molar-refractivity contribution in [3.63, 3.8) is 0 Å². The molecule has 0 aliphatic carbocycles. The zero-order valence-corrected chi connectivity index (χ0v) is 26.8. The van der Waals surface area contributed by atoms with Gasteiger partial charge in [0.2, 0.25) is 5.91 Å². The summed E-state index contributed by atoms with van der Waals surface area (Å²) in [4.78, 5) is 38.2. The predicted molar refractivity (Wildman–Crippen MR) is 168 cm³/mol. The topological polar surface area (TPSA) is 126 Å². The van der Waals surface area contributed by atoms with Crippen LogP contribution in [0.4, 0.5) is 19.0 Å². The first-order valence-electron chi connectivity index (χ1n) is 15.9. The second-order valence-corrected chi connectivity index (χ2v) is 15.2. The molecule has 2 saturated heterocycles. The maximum atomic E-state index is 15.9. The van der Waals surface area contributed by atoms with Gasteiger partial charge in [-0.3, -0.25) is 14.2 Å². The number of nitrogens with one attached hydrogen (secondary N) is 2. The number of carbonyl (C=O) groups excluding carboxylic acids is 1. The minimum atomic E-state index is -3.35. The molecule has 0 spiro atoms. The SMILES string of the molecule is Cc1nc2c3cc(C4CCS(=O)(=O)CC4)c(=O)n(c3n1)CC(=O)NCCCCN1CC(C1)CC(F)(F)c1cccc(c1F)[C@@H](C)N2. The van der Waals surface area contributed by atoms with E-state index >= 15 is 13.2 Å². The molecule has 2 aromatic heterocycles. The monoisotopic (exact) mass is 660 g/mol. The predicted octanol–water partition coefficient (Wildman–Crippen LogP) is 4.03. The summed E-state index contributed by atoms with van der Waals surface area (Å²) in [6.45, 7) is 5.06. The van der Waals surface area contributed by atoms with Crippen LogP contribution in [0.1, 0.15) is 73.5 Å². The summed E-state index contributed by atoms with van der Waals surface area (Å²) in [7, 11) is -3.20. The molecule has 6 heterocycles. The molecule has 1 amide bonds. The van der Waals surface area contributed by atoms with Crippen molar-refractivity contribution in [3.05, 3.63) is 63.0 Å². The molecule has 7 rings (SSSR count). The van der Waals surface area contributed by atoms with E-state index in [4.69, 9.17) is 0 Å². The molecule has 3 aromatic rings. The van der Waals surface area contributed by atoms with E-state index in [-0.39, 0.29) is 71.5 Å². The standard InChI is InChI=1S/C32H39F3N6O4S/c1-19-23-6-5-7-26(28(23)33)32(34,35)15-21-16-40(17-21)11-4-3-10-36-27(42)18-41-30-25(29(37-19)38-20(2)39-30)14-24(31(41)43)22-8-12-46(44,45)13-9-22/h5-7,14,19,21-22H,3-4,8-13,15-18H2,1-2H3,(H,36,42)(H,37,38,39)/t19-/m1/s1. The fourth-order valence-corrected chi connectivity index (χ4v) is 8.41. The molecule has 1 aromatic carbocycles. The highest BCUT2D eigenvalue weighted by Gasteiger charge is 2.41. The van der Waals surface area contributed by atoms with Crippen LogP contribution in [0.25, 0.3) is 11.0 Å². The number of fused-ring (bicyclic) bond motifs is 8. The normalized spacial score (nSPS) is 25.6. The van der Waals surface area contributed by atoms with Gasteiger partial charge in [-0.05, 0) is 64.0 Å². The van der Waals surface area contributed by atoms with Crippen molar-refractivity contribution in [1.29, 1.82) is 0 Å². The van der Waals surface area contributed by atoms with Gasteiger partial charge in [-0.25, -0.2) is 31.6 Å². The fraction of sp³-hybridized carbons (Fsp3) is 0.562. The van der Waals surface area contributed by atoms with Crippen LogP contribution in [0.5, 0.6) is 0 Å². The van der Waals surface area contributed by atoms with E-state index in [2.05, 4.69) is 25.5 Å². The number of amides is 1. The Kier molecular flexibility index (Phi) is 8.87. The third-order valence-corrected chi connectivity index (χ3v) is 11.1. The average molecular weight is 661 g/mol. The number of anilines is 1. The first-order chi connectivity index (χ1) is 21.8. The Labute approximate surface area is 265 Å². The lowest BCUT2D eigenvalue weighted by Crippen LogP contribution is -2.48. The molecule has 14 heteroatoms. The fourth-order valence-electron chi connectivity index (χ4n) is 6.92. The van der Waals surface area contributed by atoms with Gasteiger partial charge in [0.05, 0.1) is 28.5 Å². The lowest BCUT2D eigenvalue weighted by Gasteiger charge is -2.41. The molecule has 248 valence electrons. The Morgan fingerprint density at radius 1 is 1.04 bits per heavy atom. The average Bonchev–Trinajstić information content (AvgIpc) is 2.96. The second-order valence-electron chi connectivity index (χ2n) is 12.9. The van der Waals surface area contributed by atoms with Crippen LogP contribution in [0.15, 0.2) is 29.1 Å². The third kappa shape index (κ3) is 6.64. The number of benzene rings is 1. The van der Waals surface area contributed by atoms with Gasteiger partial charge in [-0.1, -0.05) is 18.2 Å². The number of hydrogen-bond acceptors (Lipinski definition) is 8. The van der Waals surface area contributed by atoms with E-state index in [1.165, 1.54) is 16.7 Å². The maximum Gasteiger partial charge on any atom is 0.276 e. The van der Waals surface area contributed by atoms with E-state index < -0.39 is 45.2 Å². The number of nitrogens with zero attached hydrogens (tertiary/aromatic N) is 4. The lowest BCUT2D eigenvalue weighted by molar-refractivity contribution is -0.121. The molecule has 8 bridgehead atoms. The van der Waals surface area contributed by atoms with Gasteiger partial charge in [0.25, 0.3) is 11.5 Å². The molecule has 0 saturated carbocycles. The smallest absolute Gasteiger partial charge is 0.276 e. The van der Waals surface area contributed by atoms with Crippen molar-refractivity contribution in [2.24, 2.45) is 5.92 Å². The minimum Gasteiger partial charge on any atom is -0.363 e. The highest BCUT2D eigenvalue weighted by Crippen LogP contribution is 2.40. The van der Waals surface area contributed by atoms with E-state index in [1.54, 1.807) is 19.9 Å². The lowest BCUT2D eigenvalue weighted by atomic mass is 9.88. The number of aryl methyl sites for hydroxylation is 1. The molecule has 46 heavy (non-hydrogen) atoms. The number of carbonyl (C=O) groups is 1. The van der Waals surface area contributed by atoms with E-state index in [1.807, 2.05) is 0 Å². The van der Waals surface area contributed by atoms with Crippen LogP contribution in [0.2, 0.25) is 0 Å². The first-order valence-corrected chi connectivity index (χ1v) is 17.7. The quantitative estimate of drug-likeness (QED) is 0.401. The first kappa shape index (κ1) is 32.4. The van der Waals surface area contributed by atoms with Crippen LogP contribution >= 0.6 is 0 Å². The second kappa shape index (κ2) is 12.6. The summed E-state index contributed by atoms with van der Waals surface area (Å²) in [5.41, 5.74) is -0.505. The van der Waals surface area contributed by atoms with Crippen molar-refractivity contribution in [2.75, 3.05) is 43.0 Å². The Balaban J connectivity index is 1.45. The number of hydrogen-bond donors (Lipinski definition) is 2. The number of sulfone groups is 1. The number of halogens is 3. The van der Waals surface area contributed by atoms with Crippen LogP contribution in [-0.4, -0.2) is 71.4 Å². The van der Waals surface area contributed by atoms with Crippen molar-refractivity contribution in [2.45, 2.75) is 70.4 Å². The summed E-state index contributed by atoms with van der Waals surface area (Å²) in [6, 6.07) is 4.84. The zero-order valence-electron chi connectivity index (χ0n) is 26.0. The molecular weight excluding hydrogens is 621 g/mol. The molecule has 4 aliphatic rings. The summed E-state index contributed by atoms with van der Waals surface area (Å²) in [5.74, 6) is -4.91. The molecule has 1 atom stereocenters. The van der Waals surface area contributed by atoms with Gasteiger partial charge in [0.15, 0.2) is 0 Å². The number of rotatable bonds is 1. The van der Waals surface area contributed by atoms with Gasteiger partial charge < -0.3 is 15.5 Å². The van der Waals surface area contributed by atoms with Crippen LogP contribution in [-0.2, 0) is 27.1 Å². The number of aromatic nitrogens is 3. The molecule has 2 fully saturated rings. The largest absolute Gasteiger partial charge is 0.363 e. The zero-order chi connectivity index (χ0) is 32.8. The van der Waals surface area contributed by atoms with Gasteiger partial charge in [0, 0.05) is 37.2 Å². The molecule has 10 nitrogen and oxygen atoms in total. The molecule has 4 aliphatic heterocycles. The third-order valence-electron chi connectivity index (χ3n) is 9.42. The summed E-state index contributed by atoms with van der Waals surface area (Å²) >= 11 is 0. The van der Waals surface area contributed by atoms with Gasteiger partial charge in [-0.2, -0.15) is 0 Å². The molecule has 2 N–H and O–H groups in total. The van der Waals surface area contributed by atoms with Crippen molar-refractivity contribution in [1.82, 2.24) is 24.8 Å². The van der Waals surface area contributed by atoms with E-state index in [0.717, 1.165) is 12.5 Å². The van der Waals surface area contributed by atoms with Gasteiger partial charge >= 0.3 is 0 Å². The highest BCUT2D eigenvalue weighted by atomic mass is 32.2. The maximum absolute atomic E-state index is 15.9. The van der Waals surface area contributed by atoms with Crippen LogP contribution in [0.3, 0.4) is 0 Å². The summed E-state index contributed by atoms with van der Waals surface area (Å²) in [6.07, 6.45) is 1.49. The van der Waals surface area contributed by atoms with E-state index in [0.29, 0.717) is 43.5 Å². The van der Waals surface area contributed by atoms with Gasteiger partial charge in [0.1, 0.15) is 39.5 Å². The summed E-state index contributed by atoms with van der Waals surface area (Å²) in [5, 5.41) is 6.42. The number of pyridine rings is 1. The van der Waals surface area contributed by atoms with E-state index in [9.17, 15) is 18.0 Å². The van der Waals surface area contributed by atoms with Crippen molar-refractivity contribution in [3.8, 4) is 0 Å².